The zero-order chi connectivity index (χ0) is 10.4. The number of benzene rings is 1. The van der Waals surface area contributed by atoms with E-state index < -0.39 is 0 Å². The van der Waals surface area contributed by atoms with Gasteiger partial charge in [-0.2, -0.15) is 0 Å². The minimum Gasteiger partial charge on any atom is -0.312 e. The van der Waals surface area contributed by atoms with Crippen molar-refractivity contribution < 1.29 is 0 Å². The van der Waals surface area contributed by atoms with Crippen LogP contribution in [0.2, 0.25) is 5.02 Å². The molecule has 2 nitrogen and oxygen atoms in total. The summed E-state index contributed by atoms with van der Waals surface area (Å²) < 4.78 is 0. The zero-order valence-electron chi connectivity index (χ0n) is 8.50. The summed E-state index contributed by atoms with van der Waals surface area (Å²) in [5.74, 6) is 0. The molecule has 1 N–H and O–H groups in total. The minimum absolute atomic E-state index is 0.250. The lowest BCUT2D eigenvalue weighted by Crippen LogP contribution is -2.29. The van der Waals surface area contributed by atoms with E-state index in [1.165, 1.54) is 0 Å². The van der Waals surface area contributed by atoms with Crippen LogP contribution in [0.3, 0.4) is 0 Å². The highest BCUT2D eigenvalue weighted by atomic mass is 35.5. The fraction of sp³-hybridized carbons (Fsp3) is 0.364. The minimum atomic E-state index is 0.250. The van der Waals surface area contributed by atoms with Gasteiger partial charge in [0.25, 0.3) is 0 Å². The highest BCUT2D eigenvalue weighted by Crippen LogP contribution is 2.16. The molecule has 3 heteroatoms. The summed E-state index contributed by atoms with van der Waals surface area (Å²) in [6.07, 6.45) is 2.76. The molecule has 0 aliphatic rings. The predicted octanol–water partition coefficient (Wildman–Crippen LogP) is 2.17. The summed E-state index contributed by atoms with van der Waals surface area (Å²) >= 11 is 6.05. The van der Waals surface area contributed by atoms with Gasteiger partial charge in [-0.05, 0) is 25.1 Å². The molecule has 1 aromatic carbocycles. The van der Waals surface area contributed by atoms with E-state index in [-0.39, 0.29) is 6.04 Å². The molecule has 0 saturated carbocycles. The molecular weight excluding hydrogens is 196 g/mol. The Bertz CT molecular complexity index is 310. The van der Waals surface area contributed by atoms with Crippen molar-refractivity contribution in [1.82, 2.24) is 5.32 Å². The van der Waals surface area contributed by atoms with E-state index in [9.17, 15) is 0 Å². The highest BCUT2D eigenvalue weighted by Gasteiger charge is 2.06. The molecule has 1 aromatic rings. The zero-order valence-corrected chi connectivity index (χ0v) is 9.25. The molecular formula is C11H15ClN2. The maximum Gasteiger partial charge on any atom is 0.0459 e. The van der Waals surface area contributed by atoms with E-state index in [1.54, 1.807) is 7.05 Å². The van der Waals surface area contributed by atoms with Crippen molar-refractivity contribution >= 4 is 17.8 Å². The average Bonchev–Trinajstić information content (AvgIpc) is 2.20. The van der Waals surface area contributed by atoms with Crippen molar-refractivity contribution in [2.45, 2.75) is 12.5 Å². The van der Waals surface area contributed by atoms with Crippen molar-refractivity contribution in [3.63, 3.8) is 0 Å². The Morgan fingerprint density at radius 2 is 2.21 bits per heavy atom. The van der Waals surface area contributed by atoms with Gasteiger partial charge in [0, 0.05) is 24.3 Å². The first-order chi connectivity index (χ1) is 6.77. The normalized spacial score (nSPS) is 13.4. The lowest BCUT2D eigenvalue weighted by atomic mass is 10.1. The number of likely N-dealkylation sites (N-methyl/N-ethyl adjacent to an activating group) is 1. The van der Waals surface area contributed by atoms with Crippen LogP contribution in [-0.4, -0.2) is 26.4 Å². The molecule has 0 aliphatic carbocycles. The Balaban J connectivity index is 2.71. The van der Waals surface area contributed by atoms with Crippen molar-refractivity contribution in [2.75, 3.05) is 14.1 Å². The first kappa shape index (κ1) is 11.2. The second kappa shape index (κ2) is 5.78. The molecule has 0 spiro atoms. The molecule has 0 amide bonds. The van der Waals surface area contributed by atoms with Gasteiger partial charge in [-0.25, -0.2) is 0 Å². The van der Waals surface area contributed by atoms with Crippen LogP contribution in [0.1, 0.15) is 5.56 Å². The van der Waals surface area contributed by atoms with Gasteiger partial charge in [-0.3, -0.25) is 4.99 Å². The Morgan fingerprint density at radius 1 is 1.50 bits per heavy atom. The van der Waals surface area contributed by atoms with Crippen LogP contribution in [0.5, 0.6) is 0 Å². The third kappa shape index (κ3) is 3.13. The van der Waals surface area contributed by atoms with E-state index in [0.29, 0.717) is 0 Å². The summed E-state index contributed by atoms with van der Waals surface area (Å²) in [7, 11) is 3.69. The second-order valence-electron chi connectivity index (χ2n) is 3.10. The van der Waals surface area contributed by atoms with Gasteiger partial charge in [-0.15, -0.1) is 0 Å². The van der Waals surface area contributed by atoms with Gasteiger partial charge in [0.1, 0.15) is 0 Å². The Labute approximate surface area is 90.0 Å². The third-order valence-corrected chi connectivity index (χ3v) is 2.47. The van der Waals surface area contributed by atoms with Crippen molar-refractivity contribution in [3.8, 4) is 0 Å². The molecule has 14 heavy (non-hydrogen) atoms. The van der Waals surface area contributed by atoms with Crippen LogP contribution in [0, 0.1) is 0 Å². The van der Waals surface area contributed by atoms with Gasteiger partial charge in [0.2, 0.25) is 0 Å². The molecule has 0 fully saturated rings. The predicted molar refractivity (Wildman–Crippen MR) is 62.4 cm³/mol. The second-order valence-corrected chi connectivity index (χ2v) is 3.51. The molecule has 0 bridgehead atoms. The number of hydrogen-bond donors (Lipinski definition) is 1. The topological polar surface area (TPSA) is 24.4 Å². The number of aliphatic imine (C=N–C) groups is 1. The fourth-order valence-electron chi connectivity index (χ4n) is 1.31. The largest absolute Gasteiger partial charge is 0.312 e. The standard InChI is InChI=1S/C11H15ClN2/c1-13-8-10(14-2)7-9-5-3-4-6-11(9)12/h3-6,8,10,14H,7H2,1-2H3. The van der Waals surface area contributed by atoms with E-state index in [0.717, 1.165) is 17.0 Å². The number of nitrogens with zero attached hydrogens (tertiary/aromatic N) is 1. The highest BCUT2D eigenvalue weighted by molar-refractivity contribution is 6.31. The number of halogens is 1. The summed E-state index contributed by atoms with van der Waals surface area (Å²) in [5.41, 5.74) is 1.15. The maximum absolute atomic E-state index is 6.05. The fourth-order valence-corrected chi connectivity index (χ4v) is 1.52. The van der Waals surface area contributed by atoms with E-state index >= 15 is 0 Å². The number of hydrogen-bond acceptors (Lipinski definition) is 2. The van der Waals surface area contributed by atoms with E-state index in [2.05, 4.69) is 10.3 Å². The summed E-state index contributed by atoms with van der Waals surface area (Å²) in [6.45, 7) is 0. The number of nitrogens with one attached hydrogen (secondary N) is 1. The van der Waals surface area contributed by atoms with Crippen LogP contribution in [-0.2, 0) is 6.42 Å². The quantitative estimate of drug-likeness (QED) is 0.757. The lowest BCUT2D eigenvalue weighted by Gasteiger charge is -2.11. The third-order valence-electron chi connectivity index (χ3n) is 2.10. The van der Waals surface area contributed by atoms with Gasteiger partial charge in [-0.1, -0.05) is 29.8 Å². The summed E-state index contributed by atoms with van der Waals surface area (Å²) in [5, 5.41) is 3.99. The SMILES string of the molecule is CN=CC(Cc1ccccc1Cl)NC. The number of rotatable bonds is 4. The van der Waals surface area contributed by atoms with E-state index in [4.69, 9.17) is 11.6 Å². The van der Waals surface area contributed by atoms with Crippen molar-refractivity contribution in [3.05, 3.63) is 34.9 Å². The molecule has 1 unspecified atom stereocenters. The Hall–Kier alpha value is -0.860. The van der Waals surface area contributed by atoms with Crippen molar-refractivity contribution in [1.29, 1.82) is 0 Å². The summed E-state index contributed by atoms with van der Waals surface area (Å²) in [6, 6.07) is 8.13. The first-order valence-electron chi connectivity index (χ1n) is 4.61. The van der Waals surface area contributed by atoms with Crippen LogP contribution in [0.15, 0.2) is 29.3 Å². The monoisotopic (exact) mass is 210 g/mol. The lowest BCUT2D eigenvalue weighted by molar-refractivity contribution is 0.706. The average molecular weight is 211 g/mol. The van der Waals surface area contributed by atoms with Gasteiger partial charge in [0.15, 0.2) is 0 Å². The molecule has 0 aromatic heterocycles. The van der Waals surface area contributed by atoms with Gasteiger partial charge in [0.05, 0.1) is 0 Å². The van der Waals surface area contributed by atoms with Crippen LogP contribution >= 0.6 is 11.6 Å². The molecule has 0 aliphatic heterocycles. The Kier molecular flexibility index (Phi) is 4.63. The molecule has 0 saturated heterocycles. The Morgan fingerprint density at radius 3 is 2.79 bits per heavy atom. The maximum atomic E-state index is 6.05. The molecule has 0 heterocycles. The molecule has 1 rings (SSSR count). The molecule has 76 valence electrons. The van der Waals surface area contributed by atoms with E-state index in [1.807, 2.05) is 37.5 Å². The molecule has 1 atom stereocenters. The van der Waals surface area contributed by atoms with Gasteiger partial charge >= 0.3 is 0 Å². The van der Waals surface area contributed by atoms with Crippen LogP contribution < -0.4 is 5.32 Å². The van der Waals surface area contributed by atoms with Crippen LogP contribution in [0.25, 0.3) is 0 Å². The summed E-state index contributed by atoms with van der Waals surface area (Å²) in [4.78, 5) is 4.00. The first-order valence-corrected chi connectivity index (χ1v) is 4.98. The van der Waals surface area contributed by atoms with Crippen LogP contribution in [0.4, 0.5) is 0 Å². The smallest absolute Gasteiger partial charge is 0.0459 e. The van der Waals surface area contributed by atoms with Gasteiger partial charge < -0.3 is 5.32 Å². The van der Waals surface area contributed by atoms with Crippen molar-refractivity contribution in [2.24, 2.45) is 4.99 Å². The molecule has 0 radical (unpaired) electrons.